The molecule has 0 radical (unpaired) electrons. The van der Waals surface area contributed by atoms with Crippen LogP contribution in [0.5, 0.6) is 0 Å². The number of nitrogens with zero attached hydrogens (tertiary/aromatic N) is 3. The summed E-state index contributed by atoms with van der Waals surface area (Å²) in [6, 6.07) is 5.68. The molecule has 1 aromatic heterocycles. The van der Waals surface area contributed by atoms with E-state index in [1.54, 1.807) is 13.0 Å². The zero-order valence-electron chi connectivity index (χ0n) is 12.2. The van der Waals surface area contributed by atoms with Crippen molar-refractivity contribution < 1.29 is 19.2 Å². The van der Waals surface area contributed by atoms with Crippen LogP contribution < -0.4 is 0 Å². The fourth-order valence-corrected chi connectivity index (χ4v) is 2.12. The minimum Gasteiger partial charge on any atom is -0.465 e. The lowest BCUT2D eigenvalue weighted by atomic mass is 10.1. The highest BCUT2D eigenvalue weighted by Gasteiger charge is 2.25. The number of nitro benzene ring substituents is 1. The molecule has 0 atom stereocenters. The number of hydrogen-bond donors (Lipinski definition) is 0. The molecule has 0 aliphatic heterocycles. The van der Waals surface area contributed by atoms with Gasteiger partial charge in [0.1, 0.15) is 11.3 Å². The molecule has 0 saturated carbocycles. The molecule has 0 spiro atoms. The Labute approximate surface area is 125 Å². The van der Waals surface area contributed by atoms with Crippen molar-refractivity contribution in [3.63, 3.8) is 0 Å². The fourth-order valence-electron chi connectivity index (χ4n) is 2.12. The lowest BCUT2D eigenvalue weighted by Crippen LogP contribution is -2.11. The van der Waals surface area contributed by atoms with Gasteiger partial charge < -0.3 is 4.74 Å². The van der Waals surface area contributed by atoms with E-state index < -0.39 is 10.9 Å². The molecule has 0 unspecified atom stereocenters. The molecule has 2 rings (SSSR count). The monoisotopic (exact) mass is 303 g/mol. The number of carbonyl (C=O) groups excluding carboxylic acids is 2. The minimum absolute atomic E-state index is 0.109. The van der Waals surface area contributed by atoms with Crippen LogP contribution in [-0.2, 0) is 4.74 Å². The van der Waals surface area contributed by atoms with Crippen molar-refractivity contribution in [2.75, 3.05) is 7.11 Å². The van der Waals surface area contributed by atoms with Gasteiger partial charge in [0, 0.05) is 24.6 Å². The van der Waals surface area contributed by atoms with Gasteiger partial charge in [-0.15, -0.1) is 0 Å². The second-order valence-corrected chi connectivity index (χ2v) is 4.54. The van der Waals surface area contributed by atoms with E-state index in [2.05, 4.69) is 5.10 Å². The molecular formula is C14H13N3O5. The Hall–Kier alpha value is -3.03. The quantitative estimate of drug-likeness (QED) is 0.489. The van der Waals surface area contributed by atoms with Gasteiger partial charge in [0.2, 0.25) is 5.91 Å². The zero-order valence-corrected chi connectivity index (χ0v) is 12.2. The average Bonchev–Trinajstić information content (AvgIpc) is 2.84. The van der Waals surface area contributed by atoms with E-state index in [4.69, 9.17) is 4.74 Å². The highest BCUT2D eigenvalue weighted by molar-refractivity contribution is 5.98. The Morgan fingerprint density at radius 1 is 1.36 bits per heavy atom. The lowest BCUT2D eigenvalue weighted by molar-refractivity contribution is -0.384. The predicted octanol–water partition coefficient (Wildman–Crippen LogP) is 2.21. The second-order valence-electron chi connectivity index (χ2n) is 4.54. The van der Waals surface area contributed by atoms with Gasteiger partial charge in [-0.05, 0) is 6.92 Å². The second kappa shape index (κ2) is 5.76. The molecule has 8 nitrogen and oxygen atoms in total. The summed E-state index contributed by atoms with van der Waals surface area (Å²) in [5.74, 6) is -1.04. The number of hydrogen-bond acceptors (Lipinski definition) is 6. The number of methoxy groups -OCH3 is 1. The van der Waals surface area contributed by atoms with E-state index in [1.165, 1.54) is 32.2 Å². The molecule has 1 aromatic carbocycles. The number of carbonyl (C=O) groups is 2. The third-order valence-corrected chi connectivity index (χ3v) is 3.13. The van der Waals surface area contributed by atoms with Crippen molar-refractivity contribution in [3.8, 4) is 11.3 Å². The Kier molecular flexibility index (Phi) is 4.02. The van der Waals surface area contributed by atoms with Crippen LogP contribution in [0, 0.1) is 17.0 Å². The molecule has 0 aliphatic rings. The first kappa shape index (κ1) is 15.4. The first-order chi connectivity index (χ1) is 10.4. The van der Waals surface area contributed by atoms with Crippen LogP contribution in [0.4, 0.5) is 5.69 Å². The normalized spacial score (nSPS) is 10.3. The van der Waals surface area contributed by atoms with E-state index in [-0.39, 0.29) is 22.9 Å². The Bertz CT molecular complexity index is 779. The van der Waals surface area contributed by atoms with Crippen LogP contribution in [-0.4, -0.2) is 33.7 Å². The maximum Gasteiger partial charge on any atom is 0.342 e. The Balaban J connectivity index is 2.71. The van der Waals surface area contributed by atoms with E-state index in [0.717, 1.165) is 4.68 Å². The summed E-state index contributed by atoms with van der Waals surface area (Å²) in [7, 11) is 1.21. The smallest absolute Gasteiger partial charge is 0.342 e. The van der Waals surface area contributed by atoms with Crippen LogP contribution in [0.1, 0.15) is 27.8 Å². The largest absolute Gasteiger partial charge is 0.465 e. The SMILES string of the molecule is COC(=O)c1c(-c2cccc([N+](=O)[O-])c2)nn(C(C)=O)c1C. The molecule has 0 amide bonds. The molecule has 0 N–H and O–H groups in total. The summed E-state index contributed by atoms with van der Waals surface area (Å²) in [6.45, 7) is 2.86. The highest BCUT2D eigenvalue weighted by Crippen LogP contribution is 2.28. The fraction of sp³-hybridized carbons (Fsp3) is 0.214. The summed E-state index contributed by atoms with van der Waals surface area (Å²) in [4.78, 5) is 33.9. The number of aromatic nitrogens is 2. The van der Waals surface area contributed by atoms with Crippen LogP contribution in [0.15, 0.2) is 24.3 Å². The third-order valence-electron chi connectivity index (χ3n) is 3.13. The first-order valence-electron chi connectivity index (χ1n) is 6.30. The number of esters is 1. The molecular weight excluding hydrogens is 290 g/mol. The van der Waals surface area contributed by atoms with Crippen molar-refractivity contribution in [2.24, 2.45) is 0 Å². The number of benzene rings is 1. The van der Waals surface area contributed by atoms with Gasteiger partial charge in [-0.2, -0.15) is 5.10 Å². The summed E-state index contributed by atoms with van der Waals surface area (Å²) in [5, 5.41) is 15.0. The molecule has 0 fully saturated rings. The Morgan fingerprint density at radius 2 is 2.05 bits per heavy atom. The van der Waals surface area contributed by atoms with Gasteiger partial charge >= 0.3 is 5.97 Å². The van der Waals surface area contributed by atoms with E-state index in [9.17, 15) is 19.7 Å². The molecule has 0 bridgehead atoms. The van der Waals surface area contributed by atoms with Gasteiger partial charge in [0.15, 0.2) is 0 Å². The van der Waals surface area contributed by atoms with Crippen molar-refractivity contribution in [1.29, 1.82) is 0 Å². The van der Waals surface area contributed by atoms with Crippen molar-refractivity contribution in [2.45, 2.75) is 13.8 Å². The lowest BCUT2D eigenvalue weighted by Gasteiger charge is -2.02. The molecule has 22 heavy (non-hydrogen) atoms. The van der Waals surface area contributed by atoms with Crippen molar-refractivity contribution in [1.82, 2.24) is 9.78 Å². The maximum absolute atomic E-state index is 12.0. The molecule has 2 aromatic rings. The average molecular weight is 303 g/mol. The molecule has 114 valence electrons. The van der Waals surface area contributed by atoms with E-state index in [0.29, 0.717) is 11.3 Å². The van der Waals surface area contributed by atoms with Gasteiger partial charge in [-0.1, -0.05) is 12.1 Å². The van der Waals surface area contributed by atoms with E-state index in [1.807, 2.05) is 0 Å². The van der Waals surface area contributed by atoms with Crippen LogP contribution >= 0.6 is 0 Å². The van der Waals surface area contributed by atoms with Gasteiger partial charge in [-0.25, -0.2) is 9.48 Å². The summed E-state index contributed by atoms with van der Waals surface area (Å²) in [5.41, 5.74) is 0.823. The molecule has 0 aliphatic carbocycles. The maximum atomic E-state index is 12.0. The predicted molar refractivity (Wildman–Crippen MR) is 76.7 cm³/mol. The molecule has 0 saturated heterocycles. The topological polar surface area (TPSA) is 104 Å². The number of nitro groups is 1. The summed E-state index contributed by atoms with van der Waals surface area (Å²) < 4.78 is 5.78. The number of non-ortho nitro benzene ring substituents is 1. The van der Waals surface area contributed by atoms with Crippen LogP contribution in [0.2, 0.25) is 0 Å². The number of rotatable bonds is 3. The minimum atomic E-state index is -0.661. The standard InChI is InChI=1S/C14H13N3O5/c1-8-12(14(19)22-3)13(15-16(8)9(2)18)10-5-4-6-11(7-10)17(20)21/h4-7H,1-3H3. The van der Waals surface area contributed by atoms with E-state index >= 15 is 0 Å². The summed E-state index contributed by atoms with van der Waals surface area (Å²) >= 11 is 0. The van der Waals surface area contributed by atoms with Gasteiger partial charge in [0.25, 0.3) is 5.69 Å². The Morgan fingerprint density at radius 3 is 2.59 bits per heavy atom. The van der Waals surface area contributed by atoms with Crippen LogP contribution in [0.3, 0.4) is 0 Å². The zero-order chi connectivity index (χ0) is 16.4. The first-order valence-corrected chi connectivity index (χ1v) is 6.30. The highest BCUT2D eigenvalue weighted by atomic mass is 16.6. The van der Waals surface area contributed by atoms with Crippen molar-refractivity contribution in [3.05, 3.63) is 45.6 Å². The van der Waals surface area contributed by atoms with Crippen molar-refractivity contribution >= 4 is 17.6 Å². The summed E-state index contributed by atoms with van der Waals surface area (Å²) in [6.07, 6.45) is 0. The third kappa shape index (κ3) is 2.58. The van der Waals surface area contributed by atoms with Crippen LogP contribution in [0.25, 0.3) is 11.3 Å². The van der Waals surface area contributed by atoms with Gasteiger partial charge in [0.05, 0.1) is 17.7 Å². The molecule has 1 heterocycles. The van der Waals surface area contributed by atoms with Gasteiger partial charge in [-0.3, -0.25) is 14.9 Å². The number of ether oxygens (including phenoxy) is 1. The molecule has 8 heteroatoms.